The van der Waals surface area contributed by atoms with Gasteiger partial charge in [0.05, 0.1) is 12.5 Å². The number of benzene rings is 1. The first kappa shape index (κ1) is 10.9. The molecule has 0 fully saturated rings. The summed E-state index contributed by atoms with van der Waals surface area (Å²) in [5.74, 6) is 0.105. The van der Waals surface area contributed by atoms with Gasteiger partial charge in [-0.3, -0.25) is 4.79 Å². The van der Waals surface area contributed by atoms with E-state index in [0.717, 1.165) is 17.7 Å². The fourth-order valence-corrected chi connectivity index (χ4v) is 2.04. The molecule has 3 nitrogen and oxygen atoms in total. The van der Waals surface area contributed by atoms with Crippen LogP contribution in [0.1, 0.15) is 38.3 Å². The number of hydrogen-bond acceptors (Lipinski definition) is 2. The van der Waals surface area contributed by atoms with Crippen LogP contribution in [0.25, 0.3) is 0 Å². The molecule has 1 heterocycles. The second-order valence-electron chi connectivity index (χ2n) is 4.09. The molecule has 1 atom stereocenters. The van der Waals surface area contributed by atoms with Crippen LogP contribution in [0.4, 0.5) is 0 Å². The average Bonchev–Trinajstić information content (AvgIpc) is 2.61. The average molecular weight is 216 g/mol. The van der Waals surface area contributed by atoms with Crippen molar-refractivity contribution in [2.45, 2.75) is 32.7 Å². The monoisotopic (exact) mass is 216 g/mol. The molecule has 0 saturated carbocycles. The molecule has 1 aromatic carbocycles. The van der Waals surface area contributed by atoms with Gasteiger partial charge in [0, 0.05) is 5.71 Å². The van der Waals surface area contributed by atoms with E-state index in [1.807, 2.05) is 37.3 Å². The zero-order chi connectivity index (χ0) is 11.5. The van der Waals surface area contributed by atoms with Gasteiger partial charge in [-0.15, -0.1) is 0 Å². The largest absolute Gasteiger partial charge is 0.273 e. The zero-order valence-electron chi connectivity index (χ0n) is 9.68. The predicted molar refractivity (Wildman–Crippen MR) is 64.0 cm³/mol. The van der Waals surface area contributed by atoms with E-state index in [9.17, 15) is 4.79 Å². The Hall–Kier alpha value is -1.64. The summed E-state index contributed by atoms with van der Waals surface area (Å²) in [6.07, 6.45) is 1.34. The molecule has 16 heavy (non-hydrogen) atoms. The number of hydrogen-bond donors (Lipinski definition) is 0. The third-order valence-corrected chi connectivity index (χ3v) is 2.81. The molecule has 1 amide bonds. The maximum Gasteiger partial charge on any atom is 0.248 e. The molecule has 2 rings (SSSR count). The molecule has 0 radical (unpaired) electrons. The van der Waals surface area contributed by atoms with E-state index in [0.29, 0.717) is 6.42 Å². The standard InChI is InChI=1S/C13H16N2O/c1-3-12(11-7-5-4-6-8-11)15-13(16)9-10(2)14-15/h4-8,12H,3,9H2,1-2H3. The van der Waals surface area contributed by atoms with Crippen molar-refractivity contribution >= 4 is 11.6 Å². The third kappa shape index (κ3) is 1.98. The van der Waals surface area contributed by atoms with Crippen molar-refractivity contribution in [1.29, 1.82) is 0 Å². The molecule has 0 aromatic heterocycles. The fourth-order valence-electron chi connectivity index (χ4n) is 2.04. The Morgan fingerprint density at radius 2 is 2.06 bits per heavy atom. The smallest absolute Gasteiger partial charge is 0.248 e. The highest BCUT2D eigenvalue weighted by atomic mass is 16.2. The third-order valence-electron chi connectivity index (χ3n) is 2.81. The number of hydrazone groups is 1. The first-order valence-electron chi connectivity index (χ1n) is 5.63. The maximum absolute atomic E-state index is 11.8. The molecule has 0 spiro atoms. The van der Waals surface area contributed by atoms with E-state index in [1.54, 1.807) is 5.01 Å². The maximum atomic E-state index is 11.8. The van der Waals surface area contributed by atoms with Crippen LogP contribution >= 0.6 is 0 Å². The molecular formula is C13H16N2O. The van der Waals surface area contributed by atoms with Gasteiger partial charge in [0.2, 0.25) is 5.91 Å². The second kappa shape index (κ2) is 4.47. The summed E-state index contributed by atoms with van der Waals surface area (Å²) in [4.78, 5) is 11.8. The summed E-state index contributed by atoms with van der Waals surface area (Å²) in [5.41, 5.74) is 2.05. The zero-order valence-corrected chi connectivity index (χ0v) is 9.68. The molecule has 1 aliphatic rings. The van der Waals surface area contributed by atoms with Crippen LogP contribution in [0, 0.1) is 0 Å². The van der Waals surface area contributed by atoms with E-state index < -0.39 is 0 Å². The van der Waals surface area contributed by atoms with E-state index in [1.165, 1.54) is 0 Å². The Morgan fingerprint density at radius 1 is 1.38 bits per heavy atom. The van der Waals surface area contributed by atoms with Crippen molar-refractivity contribution in [3.8, 4) is 0 Å². The highest BCUT2D eigenvalue weighted by Crippen LogP contribution is 2.27. The van der Waals surface area contributed by atoms with E-state index in [-0.39, 0.29) is 11.9 Å². The van der Waals surface area contributed by atoms with Crippen LogP contribution < -0.4 is 0 Å². The first-order valence-corrected chi connectivity index (χ1v) is 5.63. The first-order chi connectivity index (χ1) is 7.72. The summed E-state index contributed by atoms with van der Waals surface area (Å²) >= 11 is 0. The Kier molecular flexibility index (Phi) is 3.04. The molecule has 0 aliphatic carbocycles. The summed E-state index contributed by atoms with van der Waals surface area (Å²) in [6, 6.07) is 10.1. The number of amides is 1. The number of carbonyl (C=O) groups is 1. The lowest BCUT2D eigenvalue weighted by molar-refractivity contribution is -0.131. The minimum Gasteiger partial charge on any atom is -0.273 e. The van der Waals surface area contributed by atoms with Crippen molar-refractivity contribution in [3.05, 3.63) is 35.9 Å². The van der Waals surface area contributed by atoms with Gasteiger partial charge < -0.3 is 0 Å². The topological polar surface area (TPSA) is 32.7 Å². The molecule has 3 heteroatoms. The quantitative estimate of drug-likeness (QED) is 0.764. The van der Waals surface area contributed by atoms with Crippen molar-refractivity contribution < 1.29 is 4.79 Å². The Bertz CT molecular complexity index is 411. The molecular weight excluding hydrogens is 200 g/mol. The van der Waals surface area contributed by atoms with Gasteiger partial charge in [-0.05, 0) is 18.9 Å². The summed E-state index contributed by atoms with van der Waals surface area (Å²) in [5, 5.41) is 5.95. The van der Waals surface area contributed by atoms with Gasteiger partial charge >= 0.3 is 0 Å². The molecule has 0 saturated heterocycles. The Morgan fingerprint density at radius 3 is 2.56 bits per heavy atom. The second-order valence-corrected chi connectivity index (χ2v) is 4.09. The molecule has 0 N–H and O–H groups in total. The molecule has 1 aromatic rings. The number of nitrogens with zero attached hydrogens (tertiary/aromatic N) is 2. The minimum atomic E-state index is 0.0751. The van der Waals surface area contributed by atoms with Crippen LogP contribution in [0.5, 0.6) is 0 Å². The SMILES string of the molecule is CCC(c1ccccc1)N1N=C(C)CC1=O. The van der Waals surface area contributed by atoms with Crippen LogP contribution in [0.3, 0.4) is 0 Å². The molecule has 1 aliphatic heterocycles. The van der Waals surface area contributed by atoms with E-state index >= 15 is 0 Å². The van der Waals surface area contributed by atoms with Gasteiger partial charge in [-0.2, -0.15) is 5.10 Å². The number of carbonyl (C=O) groups excluding carboxylic acids is 1. The normalized spacial score (nSPS) is 17.5. The summed E-state index contributed by atoms with van der Waals surface area (Å²) < 4.78 is 0. The van der Waals surface area contributed by atoms with Crippen LogP contribution in [0.15, 0.2) is 35.4 Å². The van der Waals surface area contributed by atoms with Gasteiger partial charge in [-0.1, -0.05) is 37.3 Å². The van der Waals surface area contributed by atoms with Gasteiger partial charge in [0.15, 0.2) is 0 Å². The summed E-state index contributed by atoms with van der Waals surface area (Å²) in [6.45, 7) is 3.98. The lowest BCUT2D eigenvalue weighted by Crippen LogP contribution is -2.25. The predicted octanol–water partition coefficient (Wildman–Crippen LogP) is 2.75. The van der Waals surface area contributed by atoms with Crippen LogP contribution in [-0.4, -0.2) is 16.6 Å². The van der Waals surface area contributed by atoms with Crippen molar-refractivity contribution in [2.75, 3.05) is 0 Å². The highest BCUT2D eigenvalue weighted by Gasteiger charge is 2.28. The molecule has 1 unspecified atom stereocenters. The lowest BCUT2D eigenvalue weighted by Gasteiger charge is -2.23. The van der Waals surface area contributed by atoms with E-state index in [4.69, 9.17) is 0 Å². The number of rotatable bonds is 3. The van der Waals surface area contributed by atoms with Crippen molar-refractivity contribution in [3.63, 3.8) is 0 Å². The molecule has 84 valence electrons. The fraction of sp³-hybridized carbons (Fsp3) is 0.385. The van der Waals surface area contributed by atoms with E-state index in [2.05, 4.69) is 12.0 Å². The summed E-state index contributed by atoms with van der Waals surface area (Å²) in [7, 11) is 0. The van der Waals surface area contributed by atoms with Crippen LogP contribution in [0.2, 0.25) is 0 Å². The lowest BCUT2D eigenvalue weighted by atomic mass is 10.0. The van der Waals surface area contributed by atoms with Crippen molar-refractivity contribution in [2.24, 2.45) is 5.10 Å². The van der Waals surface area contributed by atoms with Gasteiger partial charge in [0.1, 0.15) is 0 Å². The highest BCUT2D eigenvalue weighted by molar-refractivity contribution is 6.03. The minimum absolute atomic E-state index is 0.0751. The Labute approximate surface area is 95.8 Å². The van der Waals surface area contributed by atoms with Gasteiger partial charge in [0.25, 0.3) is 0 Å². The van der Waals surface area contributed by atoms with Gasteiger partial charge in [-0.25, -0.2) is 5.01 Å². The van der Waals surface area contributed by atoms with Crippen LogP contribution in [-0.2, 0) is 4.79 Å². The Balaban J connectivity index is 2.27. The molecule has 0 bridgehead atoms. The van der Waals surface area contributed by atoms with Crippen molar-refractivity contribution in [1.82, 2.24) is 5.01 Å².